The lowest BCUT2D eigenvalue weighted by molar-refractivity contribution is 0.112. The van der Waals surface area contributed by atoms with Gasteiger partial charge in [-0.2, -0.15) is 5.10 Å². The summed E-state index contributed by atoms with van der Waals surface area (Å²) >= 11 is 0. The van der Waals surface area contributed by atoms with Gasteiger partial charge in [0.25, 0.3) is 0 Å². The van der Waals surface area contributed by atoms with Crippen LogP contribution in [0.2, 0.25) is 0 Å². The first-order valence-electron chi connectivity index (χ1n) is 6.45. The van der Waals surface area contributed by atoms with Crippen molar-refractivity contribution in [1.82, 2.24) is 9.78 Å². The third-order valence-electron chi connectivity index (χ3n) is 3.22. The normalized spacial score (nSPS) is 10.4. The van der Waals surface area contributed by atoms with Crippen LogP contribution >= 0.6 is 0 Å². The van der Waals surface area contributed by atoms with Gasteiger partial charge in [-0.1, -0.05) is 48.0 Å². The van der Waals surface area contributed by atoms with Crippen LogP contribution in [-0.2, 0) is 0 Å². The second-order valence-electron chi connectivity index (χ2n) is 4.70. The summed E-state index contributed by atoms with van der Waals surface area (Å²) in [4.78, 5) is 11.2. The maximum atomic E-state index is 11.2. The van der Waals surface area contributed by atoms with Gasteiger partial charge in [-0.3, -0.25) is 4.79 Å². The van der Waals surface area contributed by atoms with E-state index in [9.17, 15) is 4.79 Å². The second-order valence-corrected chi connectivity index (χ2v) is 4.70. The topological polar surface area (TPSA) is 34.9 Å². The number of hydrogen-bond acceptors (Lipinski definition) is 2. The Bertz CT molecular complexity index is 727. The quantitative estimate of drug-likeness (QED) is 0.675. The SMILES string of the molecule is Cc1ccc(-n2cc(C=O)c(-c3ccccc3)n2)cc1. The summed E-state index contributed by atoms with van der Waals surface area (Å²) < 4.78 is 1.74. The van der Waals surface area contributed by atoms with Gasteiger partial charge in [-0.15, -0.1) is 0 Å². The van der Waals surface area contributed by atoms with E-state index >= 15 is 0 Å². The average Bonchev–Trinajstić information content (AvgIpc) is 2.93. The summed E-state index contributed by atoms with van der Waals surface area (Å²) in [6, 6.07) is 17.8. The fourth-order valence-electron chi connectivity index (χ4n) is 2.12. The van der Waals surface area contributed by atoms with Gasteiger partial charge < -0.3 is 0 Å². The van der Waals surface area contributed by atoms with E-state index in [2.05, 4.69) is 5.10 Å². The van der Waals surface area contributed by atoms with Crippen LogP contribution in [0.3, 0.4) is 0 Å². The van der Waals surface area contributed by atoms with Crippen molar-refractivity contribution in [2.75, 3.05) is 0 Å². The largest absolute Gasteiger partial charge is 0.298 e. The Labute approximate surface area is 117 Å². The third-order valence-corrected chi connectivity index (χ3v) is 3.22. The molecule has 1 aromatic heterocycles. The summed E-state index contributed by atoms with van der Waals surface area (Å²) in [5, 5.41) is 4.54. The van der Waals surface area contributed by atoms with Gasteiger partial charge in [-0.25, -0.2) is 4.68 Å². The number of hydrogen-bond donors (Lipinski definition) is 0. The van der Waals surface area contributed by atoms with Gasteiger partial charge >= 0.3 is 0 Å². The Morgan fingerprint density at radius 1 is 1.00 bits per heavy atom. The summed E-state index contributed by atoms with van der Waals surface area (Å²) in [6.07, 6.45) is 2.61. The predicted octanol–water partition coefficient (Wildman–Crippen LogP) is 3.66. The monoisotopic (exact) mass is 262 g/mol. The van der Waals surface area contributed by atoms with Crippen LogP contribution in [0.4, 0.5) is 0 Å². The van der Waals surface area contributed by atoms with Crippen molar-refractivity contribution in [3.8, 4) is 16.9 Å². The Kier molecular flexibility index (Phi) is 3.17. The molecule has 3 rings (SSSR count). The number of benzene rings is 2. The van der Waals surface area contributed by atoms with Crippen molar-refractivity contribution < 1.29 is 4.79 Å². The van der Waals surface area contributed by atoms with Crippen molar-refractivity contribution in [2.24, 2.45) is 0 Å². The number of carbonyl (C=O) groups excluding carboxylic acids is 1. The first-order chi connectivity index (χ1) is 9.78. The van der Waals surface area contributed by atoms with Crippen LogP contribution in [0.25, 0.3) is 16.9 Å². The van der Waals surface area contributed by atoms with Crippen LogP contribution in [0, 0.1) is 6.92 Å². The van der Waals surface area contributed by atoms with Gasteiger partial charge in [0.2, 0.25) is 0 Å². The summed E-state index contributed by atoms with van der Waals surface area (Å²) in [5.41, 5.74) is 4.39. The molecule has 0 aliphatic rings. The van der Waals surface area contributed by atoms with Crippen molar-refractivity contribution in [3.05, 3.63) is 71.9 Å². The molecule has 3 heteroatoms. The summed E-state index contributed by atoms with van der Waals surface area (Å²) in [6.45, 7) is 2.04. The highest BCUT2D eigenvalue weighted by atomic mass is 16.1. The van der Waals surface area contributed by atoms with Gasteiger partial charge in [0.1, 0.15) is 5.69 Å². The van der Waals surface area contributed by atoms with Crippen LogP contribution in [0.15, 0.2) is 60.8 Å². The van der Waals surface area contributed by atoms with Gasteiger partial charge in [0.15, 0.2) is 6.29 Å². The maximum Gasteiger partial charge on any atom is 0.153 e. The number of nitrogens with zero attached hydrogens (tertiary/aromatic N) is 2. The highest BCUT2D eigenvalue weighted by Gasteiger charge is 2.11. The Hall–Kier alpha value is -2.68. The fraction of sp³-hybridized carbons (Fsp3) is 0.0588. The number of aromatic nitrogens is 2. The molecule has 1 heterocycles. The van der Waals surface area contributed by atoms with E-state index < -0.39 is 0 Å². The summed E-state index contributed by atoms with van der Waals surface area (Å²) in [5.74, 6) is 0. The standard InChI is InChI=1S/C17H14N2O/c1-13-7-9-16(10-8-13)19-11-15(12-20)17(18-19)14-5-3-2-4-6-14/h2-12H,1H3. The Morgan fingerprint density at radius 3 is 2.35 bits per heavy atom. The van der Waals surface area contributed by atoms with Gasteiger partial charge in [0.05, 0.1) is 11.3 Å². The lowest BCUT2D eigenvalue weighted by Crippen LogP contribution is -1.94. The van der Waals surface area contributed by atoms with Crippen LogP contribution in [0.1, 0.15) is 15.9 Å². The number of carbonyl (C=O) groups is 1. The van der Waals surface area contributed by atoms with Crippen molar-refractivity contribution >= 4 is 6.29 Å². The first kappa shape index (κ1) is 12.4. The molecule has 0 aliphatic carbocycles. The van der Waals surface area contributed by atoms with E-state index in [0.717, 1.165) is 17.5 Å². The molecule has 20 heavy (non-hydrogen) atoms. The smallest absolute Gasteiger partial charge is 0.153 e. The highest BCUT2D eigenvalue weighted by molar-refractivity contribution is 5.85. The number of aryl methyl sites for hydroxylation is 1. The van der Waals surface area contributed by atoms with Crippen LogP contribution in [-0.4, -0.2) is 16.1 Å². The Morgan fingerprint density at radius 2 is 1.70 bits per heavy atom. The molecule has 0 radical (unpaired) electrons. The van der Waals surface area contributed by atoms with E-state index in [-0.39, 0.29) is 0 Å². The average molecular weight is 262 g/mol. The minimum atomic E-state index is 0.594. The van der Waals surface area contributed by atoms with Gasteiger partial charge in [-0.05, 0) is 19.1 Å². The molecule has 2 aromatic carbocycles. The molecular weight excluding hydrogens is 248 g/mol. The molecule has 0 atom stereocenters. The molecular formula is C17H14N2O. The van der Waals surface area contributed by atoms with E-state index in [1.807, 2.05) is 61.5 Å². The van der Waals surface area contributed by atoms with Crippen molar-refractivity contribution in [3.63, 3.8) is 0 Å². The van der Waals surface area contributed by atoms with Gasteiger partial charge in [0, 0.05) is 11.8 Å². The number of aldehydes is 1. The third kappa shape index (κ3) is 2.26. The van der Waals surface area contributed by atoms with E-state index in [1.54, 1.807) is 10.9 Å². The van der Waals surface area contributed by atoms with Crippen molar-refractivity contribution in [2.45, 2.75) is 6.92 Å². The lowest BCUT2D eigenvalue weighted by Gasteiger charge is -2.01. The zero-order chi connectivity index (χ0) is 13.9. The fourth-order valence-corrected chi connectivity index (χ4v) is 2.12. The van der Waals surface area contributed by atoms with Crippen molar-refractivity contribution in [1.29, 1.82) is 0 Å². The van der Waals surface area contributed by atoms with Crippen LogP contribution < -0.4 is 0 Å². The minimum absolute atomic E-state index is 0.594. The lowest BCUT2D eigenvalue weighted by atomic mass is 10.1. The molecule has 98 valence electrons. The highest BCUT2D eigenvalue weighted by Crippen LogP contribution is 2.22. The molecule has 0 aliphatic heterocycles. The minimum Gasteiger partial charge on any atom is -0.298 e. The molecule has 0 unspecified atom stereocenters. The van der Waals surface area contributed by atoms with E-state index in [4.69, 9.17) is 0 Å². The zero-order valence-corrected chi connectivity index (χ0v) is 11.2. The molecule has 0 fully saturated rings. The molecule has 0 saturated heterocycles. The zero-order valence-electron chi connectivity index (χ0n) is 11.2. The number of rotatable bonds is 3. The molecule has 3 nitrogen and oxygen atoms in total. The molecule has 0 spiro atoms. The molecule has 3 aromatic rings. The molecule has 0 saturated carbocycles. The molecule has 0 N–H and O–H groups in total. The second kappa shape index (κ2) is 5.13. The van der Waals surface area contributed by atoms with E-state index in [1.165, 1.54) is 5.56 Å². The van der Waals surface area contributed by atoms with E-state index in [0.29, 0.717) is 11.3 Å². The Balaban J connectivity index is 2.09. The summed E-state index contributed by atoms with van der Waals surface area (Å²) in [7, 11) is 0. The molecule has 0 amide bonds. The van der Waals surface area contributed by atoms with Crippen LogP contribution in [0.5, 0.6) is 0 Å². The maximum absolute atomic E-state index is 11.2. The predicted molar refractivity (Wildman–Crippen MR) is 79.1 cm³/mol. The first-order valence-corrected chi connectivity index (χ1v) is 6.45. The molecule has 0 bridgehead atoms.